The fraction of sp³-hybridized carbons (Fsp3) is 0.846. The molecule has 4 nitrogen and oxygen atoms in total. The van der Waals surface area contributed by atoms with E-state index in [1.54, 1.807) is 0 Å². The van der Waals surface area contributed by atoms with E-state index in [9.17, 15) is 10.2 Å². The molecule has 1 aliphatic heterocycles. The molecule has 2 fully saturated rings. The van der Waals surface area contributed by atoms with Gasteiger partial charge in [0.05, 0.1) is 18.3 Å². The van der Waals surface area contributed by atoms with Crippen LogP contribution in [-0.2, 0) is 4.74 Å². The van der Waals surface area contributed by atoms with Crippen molar-refractivity contribution >= 4 is 0 Å². The van der Waals surface area contributed by atoms with Gasteiger partial charge < -0.3 is 19.8 Å². The summed E-state index contributed by atoms with van der Waals surface area (Å²) in [6.45, 7) is 9.39. The molecule has 2 aliphatic carbocycles. The van der Waals surface area contributed by atoms with Crippen molar-refractivity contribution in [2.45, 2.75) is 89.8 Å². The number of unbranched alkanes of at least 4 members (excludes halogenated alkanes) is 1. The van der Waals surface area contributed by atoms with Gasteiger partial charge >= 0.3 is 0 Å². The van der Waals surface area contributed by atoms with Crippen LogP contribution in [0, 0.1) is 17.8 Å². The first kappa shape index (κ1) is 24.0. The van der Waals surface area contributed by atoms with E-state index in [2.05, 4.69) is 30.1 Å². The van der Waals surface area contributed by atoms with Crippen LogP contribution < -0.4 is 0 Å². The maximum absolute atomic E-state index is 10.5. The Balaban J connectivity index is 1.36. The van der Waals surface area contributed by atoms with E-state index >= 15 is 0 Å². The van der Waals surface area contributed by atoms with Crippen LogP contribution in [0.25, 0.3) is 0 Å². The van der Waals surface area contributed by atoms with E-state index in [-0.39, 0.29) is 12.0 Å². The van der Waals surface area contributed by atoms with Gasteiger partial charge in [-0.3, -0.25) is 0 Å². The Kier molecular flexibility index (Phi) is 9.43. The van der Waals surface area contributed by atoms with E-state index < -0.39 is 5.60 Å². The molecule has 0 aromatic rings. The molecule has 0 radical (unpaired) electrons. The number of allylic oxidation sites excluding steroid dienone is 1. The summed E-state index contributed by atoms with van der Waals surface area (Å²) in [4.78, 5) is 2.57. The van der Waals surface area contributed by atoms with Gasteiger partial charge in [0.2, 0.25) is 0 Å². The van der Waals surface area contributed by atoms with Crippen molar-refractivity contribution in [1.82, 2.24) is 4.90 Å². The Morgan fingerprint density at radius 3 is 2.80 bits per heavy atom. The molecule has 2 N–H and O–H groups in total. The highest BCUT2D eigenvalue weighted by molar-refractivity contribution is 5.21. The second kappa shape index (κ2) is 11.8. The molecule has 1 heterocycles. The first-order valence-electron chi connectivity index (χ1n) is 12.6. The molecule has 0 aromatic heterocycles. The predicted octanol–water partition coefficient (Wildman–Crippen LogP) is 4.71. The summed E-state index contributed by atoms with van der Waals surface area (Å²) < 4.78 is 5.99. The Hall–Kier alpha value is -0.680. The molecule has 5 atom stereocenters. The van der Waals surface area contributed by atoms with Crippen molar-refractivity contribution < 1.29 is 14.9 Å². The first-order valence-corrected chi connectivity index (χ1v) is 12.6. The zero-order valence-electron chi connectivity index (χ0n) is 19.4. The second-order valence-electron chi connectivity index (χ2n) is 10.3. The number of nitrogens with zero attached hydrogens (tertiary/aromatic N) is 1. The Bertz CT molecular complexity index is 565. The lowest BCUT2D eigenvalue weighted by atomic mass is 9.88. The van der Waals surface area contributed by atoms with Crippen molar-refractivity contribution in [2.75, 3.05) is 32.8 Å². The first-order chi connectivity index (χ1) is 14.5. The van der Waals surface area contributed by atoms with Crippen molar-refractivity contribution in [3.63, 3.8) is 0 Å². The third-order valence-corrected chi connectivity index (χ3v) is 7.43. The Labute approximate surface area is 184 Å². The van der Waals surface area contributed by atoms with Gasteiger partial charge in [0.25, 0.3) is 0 Å². The van der Waals surface area contributed by atoms with Crippen LogP contribution in [-0.4, -0.2) is 59.7 Å². The molecule has 0 amide bonds. The minimum Gasteiger partial charge on any atom is -0.392 e. The fourth-order valence-electron chi connectivity index (χ4n) is 5.63. The van der Waals surface area contributed by atoms with E-state index in [0.717, 1.165) is 51.7 Å². The molecule has 172 valence electrons. The average Bonchev–Trinajstić information content (AvgIpc) is 3.24. The molecular formula is C26H45NO3. The van der Waals surface area contributed by atoms with Gasteiger partial charge in [-0.15, -0.1) is 0 Å². The third kappa shape index (κ3) is 7.19. The van der Waals surface area contributed by atoms with E-state index in [4.69, 9.17) is 4.74 Å². The predicted molar refractivity (Wildman–Crippen MR) is 123 cm³/mol. The van der Waals surface area contributed by atoms with E-state index in [1.165, 1.54) is 44.5 Å². The number of rotatable bonds is 12. The zero-order valence-corrected chi connectivity index (χ0v) is 19.4. The Morgan fingerprint density at radius 1 is 1.23 bits per heavy atom. The van der Waals surface area contributed by atoms with Crippen LogP contribution in [0.3, 0.4) is 0 Å². The molecular weight excluding hydrogens is 374 g/mol. The Morgan fingerprint density at radius 2 is 2.03 bits per heavy atom. The van der Waals surface area contributed by atoms with Crippen molar-refractivity contribution in [2.24, 2.45) is 17.8 Å². The standard InChI is InChI=1S/C26H45NO3/c1-3-4-11-26(2,29)12-8-10-23-24-18-21(17-22(24)19-25(23)28)20-30-16-9-15-27-13-6-5-7-14-27/h8,10,17,22-25,28-29H,3-7,9,11-16,18-20H2,1-2H3/t22-,23+,24-,25+,26-/m0/s1. The maximum Gasteiger partial charge on any atom is 0.0676 e. The molecule has 3 rings (SSSR count). The van der Waals surface area contributed by atoms with Crippen LogP contribution in [0.1, 0.15) is 78.1 Å². The largest absolute Gasteiger partial charge is 0.392 e. The summed E-state index contributed by atoms with van der Waals surface area (Å²) in [7, 11) is 0. The highest BCUT2D eigenvalue weighted by Crippen LogP contribution is 2.47. The molecule has 1 saturated heterocycles. The number of aliphatic hydroxyl groups is 2. The van der Waals surface area contributed by atoms with Crippen molar-refractivity contribution in [3.8, 4) is 0 Å². The minimum absolute atomic E-state index is 0.213. The van der Waals surface area contributed by atoms with Crippen molar-refractivity contribution in [1.29, 1.82) is 0 Å². The van der Waals surface area contributed by atoms with Gasteiger partial charge in [-0.1, -0.05) is 44.4 Å². The molecule has 3 aliphatic rings. The normalized spacial score (nSPS) is 31.8. The van der Waals surface area contributed by atoms with Crippen LogP contribution in [0.2, 0.25) is 0 Å². The summed E-state index contributed by atoms with van der Waals surface area (Å²) in [5, 5.41) is 21.0. The average molecular weight is 420 g/mol. The molecule has 0 bridgehead atoms. The van der Waals surface area contributed by atoms with E-state index in [1.807, 2.05) is 6.92 Å². The van der Waals surface area contributed by atoms with Gasteiger partial charge in [-0.25, -0.2) is 0 Å². The number of fused-ring (bicyclic) bond motifs is 1. The van der Waals surface area contributed by atoms with Gasteiger partial charge in [0.1, 0.15) is 0 Å². The number of aliphatic hydroxyl groups excluding tert-OH is 1. The zero-order chi connectivity index (χ0) is 21.4. The minimum atomic E-state index is -0.628. The number of hydrogen-bond donors (Lipinski definition) is 2. The van der Waals surface area contributed by atoms with Crippen molar-refractivity contribution in [3.05, 3.63) is 23.8 Å². The lowest BCUT2D eigenvalue weighted by Crippen LogP contribution is -2.31. The highest BCUT2D eigenvalue weighted by Gasteiger charge is 2.43. The maximum atomic E-state index is 10.5. The van der Waals surface area contributed by atoms with Crippen LogP contribution in [0.5, 0.6) is 0 Å². The summed E-state index contributed by atoms with van der Waals surface area (Å²) >= 11 is 0. The molecule has 4 heteroatoms. The third-order valence-electron chi connectivity index (χ3n) is 7.43. The smallest absolute Gasteiger partial charge is 0.0676 e. The van der Waals surface area contributed by atoms with Gasteiger partial charge in [0, 0.05) is 19.1 Å². The van der Waals surface area contributed by atoms with Crippen LogP contribution >= 0.6 is 0 Å². The van der Waals surface area contributed by atoms with Gasteiger partial charge in [0.15, 0.2) is 0 Å². The summed E-state index contributed by atoms with van der Waals surface area (Å²) in [6, 6.07) is 0. The molecule has 30 heavy (non-hydrogen) atoms. The van der Waals surface area contributed by atoms with E-state index in [0.29, 0.717) is 18.3 Å². The van der Waals surface area contributed by atoms with Crippen LogP contribution in [0.4, 0.5) is 0 Å². The summed E-state index contributed by atoms with van der Waals surface area (Å²) in [6.07, 6.45) is 17.3. The summed E-state index contributed by atoms with van der Waals surface area (Å²) in [5.41, 5.74) is 0.791. The molecule has 0 unspecified atom stereocenters. The topological polar surface area (TPSA) is 52.9 Å². The number of likely N-dealkylation sites (tertiary alicyclic amines) is 1. The molecule has 0 spiro atoms. The number of ether oxygens (including phenoxy) is 1. The monoisotopic (exact) mass is 419 g/mol. The SMILES string of the molecule is CCCC[C@](C)(O)CC=C[C@@H]1[C@H]2CC(COCCCN3CCCCC3)=C[C@H]2C[C@H]1O. The number of hydrogen-bond acceptors (Lipinski definition) is 4. The van der Waals surface area contributed by atoms with Gasteiger partial charge in [-0.05, 0) is 82.4 Å². The molecule has 0 aromatic carbocycles. The lowest BCUT2D eigenvalue weighted by Gasteiger charge is -2.26. The highest BCUT2D eigenvalue weighted by atomic mass is 16.5. The quantitative estimate of drug-likeness (QED) is 0.355. The van der Waals surface area contributed by atoms with Gasteiger partial charge in [-0.2, -0.15) is 0 Å². The second-order valence-corrected chi connectivity index (χ2v) is 10.3. The number of piperidine rings is 1. The van der Waals surface area contributed by atoms with Crippen LogP contribution in [0.15, 0.2) is 23.8 Å². The fourth-order valence-corrected chi connectivity index (χ4v) is 5.63. The molecule has 1 saturated carbocycles. The summed E-state index contributed by atoms with van der Waals surface area (Å²) in [5.74, 6) is 1.20. The lowest BCUT2D eigenvalue weighted by molar-refractivity contribution is 0.0513.